The van der Waals surface area contributed by atoms with Gasteiger partial charge in [-0.2, -0.15) is 0 Å². The first-order valence-corrected chi connectivity index (χ1v) is 10.5. The number of carbonyl (C=O) groups excluding carboxylic acids is 2. The minimum atomic E-state index is -3.72. The molecule has 7 nitrogen and oxygen atoms in total. The van der Waals surface area contributed by atoms with Crippen LogP contribution < -0.4 is 10.5 Å². The summed E-state index contributed by atoms with van der Waals surface area (Å²) in [5.41, 5.74) is 2.82. The standard InChI is InChI=1S/C21H24N2O5S/c1-15-3-5-17(6-4-15)9-12-20(24)28-16(2)21(25)23-14-13-18-7-10-19(11-8-18)29(22,26)27/h3-12,16H,13-14H2,1-2H3,(H,23,25)(H2,22,26,27)/b12-9+/t16-/m0/s1. The second-order valence-electron chi connectivity index (χ2n) is 6.55. The third kappa shape index (κ3) is 7.52. The number of hydrogen-bond acceptors (Lipinski definition) is 5. The number of ether oxygens (including phenoxy) is 1. The number of nitrogens with one attached hydrogen (secondary N) is 1. The smallest absolute Gasteiger partial charge is 0.331 e. The molecule has 0 aromatic heterocycles. The highest BCUT2D eigenvalue weighted by Crippen LogP contribution is 2.09. The van der Waals surface area contributed by atoms with Crippen molar-refractivity contribution in [3.05, 3.63) is 71.3 Å². The van der Waals surface area contributed by atoms with Crippen LogP contribution in [-0.2, 0) is 30.8 Å². The van der Waals surface area contributed by atoms with Crippen molar-refractivity contribution < 1.29 is 22.7 Å². The van der Waals surface area contributed by atoms with Gasteiger partial charge in [0, 0.05) is 12.6 Å². The van der Waals surface area contributed by atoms with Gasteiger partial charge in [-0.05, 0) is 49.6 Å². The van der Waals surface area contributed by atoms with Crippen LogP contribution in [0, 0.1) is 6.92 Å². The topological polar surface area (TPSA) is 116 Å². The fraction of sp³-hybridized carbons (Fsp3) is 0.238. The zero-order valence-corrected chi connectivity index (χ0v) is 17.1. The number of esters is 1. The maximum atomic E-state index is 12.1. The second kappa shape index (κ2) is 9.99. The lowest BCUT2D eigenvalue weighted by atomic mass is 10.1. The van der Waals surface area contributed by atoms with Crippen molar-refractivity contribution >= 4 is 28.0 Å². The summed E-state index contributed by atoms with van der Waals surface area (Å²) in [7, 11) is -3.72. The minimum Gasteiger partial charge on any atom is -0.449 e. The molecule has 0 fully saturated rings. The van der Waals surface area contributed by atoms with E-state index in [1.165, 1.54) is 25.1 Å². The normalized spacial score (nSPS) is 12.5. The monoisotopic (exact) mass is 416 g/mol. The average molecular weight is 416 g/mol. The molecule has 2 rings (SSSR count). The molecule has 0 radical (unpaired) electrons. The molecule has 0 bridgehead atoms. The third-order valence-electron chi connectivity index (χ3n) is 4.12. The maximum Gasteiger partial charge on any atom is 0.331 e. The van der Waals surface area contributed by atoms with Crippen LogP contribution in [0.1, 0.15) is 23.6 Å². The molecule has 0 heterocycles. The second-order valence-corrected chi connectivity index (χ2v) is 8.11. The van der Waals surface area contributed by atoms with Crippen LogP contribution in [0.4, 0.5) is 0 Å². The Balaban J connectivity index is 1.76. The van der Waals surface area contributed by atoms with Crippen LogP contribution in [0.3, 0.4) is 0 Å². The minimum absolute atomic E-state index is 0.0320. The molecule has 8 heteroatoms. The summed E-state index contributed by atoms with van der Waals surface area (Å²) >= 11 is 0. The Kier molecular flexibility index (Phi) is 7.69. The largest absolute Gasteiger partial charge is 0.449 e. The molecule has 2 aromatic carbocycles. The summed E-state index contributed by atoms with van der Waals surface area (Å²) in [5.74, 6) is -1.02. The van der Waals surface area contributed by atoms with Crippen molar-refractivity contribution in [1.29, 1.82) is 0 Å². The molecular formula is C21H24N2O5S. The van der Waals surface area contributed by atoms with Gasteiger partial charge in [0.1, 0.15) is 0 Å². The summed E-state index contributed by atoms with van der Waals surface area (Å²) in [5, 5.41) is 7.73. The molecular weight excluding hydrogens is 392 g/mol. The number of hydrogen-bond donors (Lipinski definition) is 2. The Morgan fingerprint density at radius 3 is 2.31 bits per heavy atom. The Hall–Kier alpha value is -2.97. The van der Waals surface area contributed by atoms with E-state index in [1.54, 1.807) is 18.2 Å². The SMILES string of the molecule is Cc1ccc(/C=C/C(=O)O[C@@H](C)C(=O)NCCc2ccc(S(N)(=O)=O)cc2)cc1. The zero-order chi connectivity index (χ0) is 21.4. The third-order valence-corrected chi connectivity index (χ3v) is 5.05. The van der Waals surface area contributed by atoms with Gasteiger partial charge in [-0.1, -0.05) is 42.0 Å². The first kappa shape index (κ1) is 22.3. The molecule has 1 amide bonds. The van der Waals surface area contributed by atoms with Gasteiger partial charge in [0.15, 0.2) is 6.10 Å². The van der Waals surface area contributed by atoms with Crippen molar-refractivity contribution in [2.24, 2.45) is 5.14 Å². The van der Waals surface area contributed by atoms with E-state index < -0.39 is 28.0 Å². The highest BCUT2D eigenvalue weighted by atomic mass is 32.2. The number of rotatable bonds is 8. The van der Waals surface area contributed by atoms with E-state index in [1.807, 2.05) is 31.2 Å². The van der Waals surface area contributed by atoms with Crippen molar-refractivity contribution in [2.45, 2.75) is 31.3 Å². The fourth-order valence-electron chi connectivity index (χ4n) is 2.43. The van der Waals surface area contributed by atoms with E-state index in [-0.39, 0.29) is 4.90 Å². The zero-order valence-electron chi connectivity index (χ0n) is 16.3. The Morgan fingerprint density at radius 2 is 1.72 bits per heavy atom. The first-order valence-electron chi connectivity index (χ1n) is 9.00. The number of sulfonamides is 1. The summed E-state index contributed by atoms with van der Waals surface area (Å²) in [6.07, 6.45) is 2.46. The summed E-state index contributed by atoms with van der Waals surface area (Å²) in [4.78, 5) is 23.9. The number of nitrogens with two attached hydrogens (primary N) is 1. The Labute approximate surface area is 170 Å². The van der Waals surface area contributed by atoms with Gasteiger partial charge in [-0.15, -0.1) is 0 Å². The van der Waals surface area contributed by atoms with Crippen LogP contribution in [-0.4, -0.2) is 32.9 Å². The number of amides is 1. The predicted octanol–water partition coefficient (Wildman–Crippen LogP) is 1.95. The lowest BCUT2D eigenvalue weighted by molar-refractivity contribution is -0.150. The van der Waals surface area contributed by atoms with Crippen molar-refractivity contribution in [1.82, 2.24) is 5.32 Å². The van der Waals surface area contributed by atoms with E-state index in [9.17, 15) is 18.0 Å². The molecule has 3 N–H and O–H groups in total. The van der Waals surface area contributed by atoms with Crippen molar-refractivity contribution in [3.63, 3.8) is 0 Å². The van der Waals surface area contributed by atoms with Crippen molar-refractivity contribution in [2.75, 3.05) is 6.54 Å². The van der Waals surface area contributed by atoms with Crippen LogP contribution in [0.15, 0.2) is 59.5 Å². The molecule has 154 valence electrons. The lowest BCUT2D eigenvalue weighted by Gasteiger charge is -2.12. The molecule has 0 aliphatic carbocycles. The summed E-state index contributed by atoms with van der Waals surface area (Å²) in [6.45, 7) is 3.78. The summed E-state index contributed by atoms with van der Waals surface area (Å²) < 4.78 is 27.5. The molecule has 0 unspecified atom stereocenters. The first-order chi connectivity index (χ1) is 13.6. The highest BCUT2D eigenvalue weighted by molar-refractivity contribution is 7.89. The molecule has 29 heavy (non-hydrogen) atoms. The average Bonchev–Trinajstić information content (AvgIpc) is 2.67. The molecule has 2 aromatic rings. The molecule has 0 aliphatic heterocycles. The van der Waals surface area contributed by atoms with Crippen LogP contribution >= 0.6 is 0 Å². The quantitative estimate of drug-likeness (QED) is 0.504. The number of primary sulfonamides is 1. The Morgan fingerprint density at radius 1 is 1.10 bits per heavy atom. The van der Waals surface area contributed by atoms with Gasteiger partial charge in [-0.25, -0.2) is 18.4 Å². The van der Waals surface area contributed by atoms with Gasteiger partial charge in [-0.3, -0.25) is 4.79 Å². The van der Waals surface area contributed by atoms with E-state index in [2.05, 4.69) is 5.32 Å². The molecule has 0 aliphatic rings. The van der Waals surface area contributed by atoms with E-state index in [4.69, 9.17) is 9.88 Å². The highest BCUT2D eigenvalue weighted by Gasteiger charge is 2.16. The molecule has 1 atom stereocenters. The van der Waals surface area contributed by atoms with Crippen LogP contribution in [0.25, 0.3) is 6.08 Å². The number of benzene rings is 2. The number of carbonyl (C=O) groups is 2. The predicted molar refractivity (Wildman–Crippen MR) is 110 cm³/mol. The van der Waals surface area contributed by atoms with Gasteiger partial charge >= 0.3 is 5.97 Å². The fourth-order valence-corrected chi connectivity index (χ4v) is 2.94. The van der Waals surface area contributed by atoms with E-state index in [0.29, 0.717) is 13.0 Å². The molecule has 0 saturated carbocycles. The van der Waals surface area contributed by atoms with Crippen molar-refractivity contribution in [3.8, 4) is 0 Å². The maximum absolute atomic E-state index is 12.1. The summed E-state index contributed by atoms with van der Waals surface area (Å²) in [6, 6.07) is 13.7. The molecule has 0 saturated heterocycles. The van der Waals surface area contributed by atoms with Gasteiger partial charge in [0.05, 0.1) is 4.90 Å². The van der Waals surface area contributed by atoms with E-state index >= 15 is 0 Å². The van der Waals surface area contributed by atoms with Gasteiger partial charge in [0.25, 0.3) is 5.91 Å². The number of aryl methyl sites for hydroxylation is 1. The Bertz CT molecular complexity index is 981. The van der Waals surface area contributed by atoms with Gasteiger partial charge < -0.3 is 10.1 Å². The van der Waals surface area contributed by atoms with E-state index in [0.717, 1.165) is 16.7 Å². The van der Waals surface area contributed by atoms with Crippen LogP contribution in [0.5, 0.6) is 0 Å². The van der Waals surface area contributed by atoms with Crippen LogP contribution in [0.2, 0.25) is 0 Å². The van der Waals surface area contributed by atoms with Gasteiger partial charge in [0.2, 0.25) is 10.0 Å². The lowest BCUT2D eigenvalue weighted by Crippen LogP contribution is -2.36. The molecule has 0 spiro atoms.